The third kappa shape index (κ3) is 3.58. The molecule has 3 N–H and O–H groups in total. The van der Waals surface area contributed by atoms with Crippen molar-refractivity contribution in [3.63, 3.8) is 0 Å². The Labute approximate surface area is 192 Å². The molecular weight excluding hydrogens is 447 g/mol. The summed E-state index contributed by atoms with van der Waals surface area (Å²) < 4.78 is 41.2. The van der Waals surface area contributed by atoms with Crippen LogP contribution in [0.25, 0.3) is 22.6 Å². The number of pyridine rings is 1. The average Bonchev–Trinajstić information content (AvgIpc) is 3.43. The number of halogens is 3. The Bertz CT molecular complexity index is 1390. The Morgan fingerprint density at radius 2 is 1.97 bits per heavy atom. The van der Waals surface area contributed by atoms with Gasteiger partial charge in [0.15, 0.2) is 0 Å². The van der Waals surface area contributed by atoms with Crippen molar-refractivity contribution >= 4 is 17.4 Å². The molecule has 1 unspecified atom stereocenters. The fourth-order valence-electron chi connectivity index (χ4n) is 4.16. The molecule has 0 bridgehead atoms. The quantitative estimate of drug-likeness (QED) is 0.463. The fraction of sp³-hybridized carbons (Fsp3) is 0.217. The Morgan fingerprint density at radius 1 is 1.18 bits per heavy atom. The SMILES string of the molecule is Cc1cc(N2CC(C)n3ncc(-c4c[nH]c(-c5ccc(N)nc5)n4)c3C2=O)ccc1C(F)(F)F. The number of aromatic nitrogens is 5. The molecule has 1 aromatic carbocycles. The Hall–Kier alpha value is -4.15. The molecular formula is C23H20F3N7O. The highest BCUT2D eigenvalue weighted by Gasteiger charge is 2.36. The molecule has 1 atom stereocenters. The number of rotatable bonds is 3. The van der Waals surface area contributed by atoms with E-state index in [-0.39, 0.29) is 24.1 Å². The van der Waals surface area contributed by atoms with E-state index >= 15 is 0 Å². The van der Waals surface area contributed by atoms with Gasteiger partial charge in [-0.2, -0.15) is 18.3 Å². The standard InChI is InChI=1S/C23H20F3N7O/c1-12-7-15(4-5-17(12)23(24,25)26)32-11-13(2)33-20(22(32)34)16(9-30-33)18-10-29-21(31-18)14-3-6-19(27)28-8-14/h3-10,13H,11H2,1-2H3,(H2,27,28)(H,29,31). The molecule has 0 fully saturated rings. The maximum absolute atomic E-state index is 13.5. The van der Waals surface area contributed by atoms with Crippen molar-refractivity contribution in [2.45, 2.75) is 26.1 Å². The molecule has 0 saturated carbocycles. The van der Waals surface area contributed by atoms with Gasteiger partial charge in [-0.25, -0.2) is 9.97 Å². The minimum atomic E-state index is -4.45. The number of aryl methyl sites for hydroxylation is 1. The van der Waals surface area contributed by atoms with Crippen LogP contribution in [0, 0.1) is 6.92 Å². The molecule has 4 aromatic rings. The lowest BCUT2D eigenvalue weighted by Gasteiger charge is -2.32. The van der Waals surface area contributed by atoms with E-state index in [0.29, 0.717) is 34.3 Å². The summed E-state index contributed by atoms with van der Waals surface area (Å²) in [6.45, 7) is 3.56. The van der Waals surface area contributed by atoms with Crippen molar-refractivity contribution in [3.8, 4) is 22.6 Å². The van der Waals surface area contributed by atoms with Crippen LogP contribution in [0.15, 0.2) is 48.9 Å². The van der Waals surface area contributed by atoms with E-state index in [1.165, 1.54) is 24.0 Å². The zero-order valence-electron chi connectivity index (χ0n) is 18.3. The molecule has 0 radical (unpaired) electrons. The highest BCUT2D eigenvalue weighted by atomic mass is 19.4. The number of nitrogens with zero attached hydrogens (tertiary/aromatic N) is 5. The molecule has 8 nitrogen and oxygen atoms in total. The summed E-state index contributed by atoms with van der Waals surface area (Å²) in [5.74, 6) is 0.580. The predicted molar refractivity (Wildman–Crippen MR) is 120 cm³/mol. The number of hydrogen-bond acceptors (Lipinski definition) is 5. The normalized spacial score (nSPS) is 16.1. The number of anilines is 2. The molecule has 11 heteroatoms. The Morgan fingerprint density at radius 3 is 2.65 bits per heavy atom. The number of fused-ring (bicyclic) bond motifs is 1. The number of H-pyrrole nitrogens is 1. The van der Waals surface area contributed by atoms with E-state index in [9.17, 15) is 18.0 Å². The van der Waals surface area contributed by atoms with Crippen molar-refractivity contribution in [2.75, 3.05) is 17.2 Å². The van der Waals surface area contributed by atoms with Crippen LogP contribution in [-0.4, -0.2) is 37.2 Å². The topological polar surface area (TPSA) is 106 Å². The minimum Gasteiger partial charge on any atom is -0.384 e. The number of nitrogens with two attached hydrogens (primary N) is 1. The second-order valence-corrected chi connectivity index (χ2v) is 8.22. The number of carbonyl (C=O) groups excluding carboxylic acids is 1. The highest BCUT2D eigenvalue weighted by molar-refractivity contribution is 6.09. The Balaban J connectivity index is 1.51. The number of aromatic amines is 1. The number of carbonyl (C=O) groups is 1. The van der Waals surface area contributed by atoms with Gasteiger partial charge >= 0.3 is 6.18 Å². The van der Waals surface area contributed by atoms with Gasteiger partial charge in [0.1, 0.15) is 17.3 Å². The molecule has 34 heavy (non-hydrogen) atoms. The zero-order valence-corrected chi connectivity index (χ0v) is 18.3. The molecule has 0 saturated heterocycles. The summed E-state index contributed by atoms with van der Waals surface area (Å²) in [5.41, 5.74) is 7.46. The van der Waals surface area contributed by atoms with E-state index in [4.69, 9.17) is 5.73 Å². The number of alkyl halides is 3. The maximum atomic E-state index is 13.5. The van der Waals surface area contributed by atoms with Crippen LogP contribution in [0.3, 0.4) is 0 Å². The largest absolute Gasteiger partial charge is 0.416 e. The summed E-state index contributed by atoms with van der Waals surface area (Å²) in [7, 11) is 0. The summed E-state index contributed by atoms with van der Waals surface area (Å²) in [6, 6.07) is 6.97. The van der Waals surface area contributed by atoms with Gasteiger partial charge in [-0.1, -0.05) is 0 Å². The number of hydrogen-bond donors (Lipinski definition) is 2. The lowest BCUT2D eigenvalue weighted by molar-refractivity contribution is -0.138. The van der Waals surface area contributed by atoms with Crippen LogP contribution in [0.5, 0.6) is 0 Å². The van der Waals surface area contributed by atoms with Gasteiger partial charge in [0.25, 0.3) is 5.91 Å². The van der Waals surface area contributed by atoms with Crippen molar-refractivity contribution in [1.29, 1.82) is 0 Å². The number of nitrogen functional groups attached to an aromatic ring is 1. The van der Waals surface area contributed by atoms with Gasteiger partial charge in [-0.15, -0.1) is 0 Å². The fourth-order valence-corrected chi connectivity index (χ4v) is 4.16. The molecule has 0 aliphatic carbocycles. The van der Waals surface area contributed by atoms with Crippen LogP contribution < -0.4 is 10.6 Å². The number of benzene rings is 1. The van der Waals surface area contributed by atoms with Gasteiger partial charge < -0.3 is 15.6 Å². The number of imidazole rings is 1. The predicted octanol–water partition coefficient (Wildman–Crippen LogP) is 4.47. The van der Waals surface area contributed by atoms with Crippen molar-refractivity contribution in [1.82, 2.24) is 24.7 Å². The van der Waals surface area contributed by atoms with Crippen LogP contribution in [0.4, 0.5) is 24.7 Å². The molecule has 174 valence electrons. The number of amides is 1. The van der Waals surface area contributed by atoms with Crippen molar-refractivity contribution in [2.24, 2.45) is 0 Å². The third-order valence-corrected chi connectivity index (χ3v) is 5.85. The van der Waals surface area contributed by atoms with Gasteiger partial charge in [-0.3, -0.25) is 9.48 Å². The first-order valence-electron chi connectivity index (χ1n) is 10.5. The summed E-state index contributed by atoms with van der Waals surface area (Å²) >= 11 is 0. The van der Waals surface area contributed by atoms with Crippen LogP contribution in [0.1, 0.15) is 34.6 Å². The zero-order chi connectivity index (χ0) is 24.2. The first-order valence-corrected chi connectivity index (χ1v) is 10.5. The molecule has 1 aliphatic heterocycles. The molecule has 1 aliphatic rings. The van der Waals surface area contributed by atoms with E-state index in [1.54, 1.807) is 35.4 Å². The first-order chi connectivity index (χ1) is 16.1. The molecule has 0 spiro atoms. The van der Waals surface area contributed by atoms with E-state index in [1.807, 2.05) is 6.92 Å². The summed E-state index contributed by atoms with van der Waals surface area (Å²) in [4.78, 5) is 26.7. The van der Waals surface area contributed by atoms with Crippen molar-refractivity contribution in [3.05, 3.63) is 65.7 Å². The number of nitrogens with one attached hydrogen (secondary N) is 1. The van der Waals surface area contributed by atoms with Crippen LogP contribution in [-0.2, 0) is 6.18 Å². The van der Waals surface area contributed by atoms with Gasteiger partial charge in [0.05, 0.1) is 29.1 Å². The van der Waals surface area contributed by atoms with Crippen LogP contribution in [0.2, 0.25) is 0 Å². The van der Waals surface area contributed by atoms with E-state index < -0.39 is 11.7 Å². The van der Waals surface area contributed by atoms with Gasteiger partial charge in [0, 0.05) is 30.2 Å². The van der Waals surface area contributed by atoms with Gasteiger partial charge in [0.2, 0.25) is 0 Å². The van der Waals surface area contributed by atoms with Crippen molar-refractivity contribution < 1.29 is 18.0 Å². The maximum Gasteiger partial charge on any atom is 0.416 e. The third-order valence-electron chi connectivity index (χ3n) is 5.85. The Kier molecular flexibility index (Phi) is 4.92. The van der Waals surface area contributed by atoms with Crippen LogP contribution >= 0.6 is 0 Å². The van der Waals surface area contributed by atoms with Gasteiger partial charge in [-0.05, 0) is 49.7 Å². The molecule has 5 rings (SSSR count). The first kappa shape index (κ1) is 21.7. The lowest BCUT2D eigenvalue weighted by atomic mass is 10.0. The highest BCUT2D eigenvalue weighted by Crippen LogP contribution is 2.36. The molecule has 4 heterocycles. The molecule has 3 aromatic heterocycles. The summed E-state index contributed by atoms with van der Waals surface area (Å²) in [5, 5.41) is 4.39. The second-order valence-electron chi connectivity index (χ2n) is 8.22. The van der Waals surface area contributed by atoms with E-state index in [2.05, 4.69) is 20.1 Å². The molecule has 1 amide bonds. The smallest absolute Gasteiger partial charge is 0.384 e. The monoisotopic (exact) mass is 467 g/mol. The van der Waals surface area contributed by atoms with E-state index in [0.717, 1.165) is 11.6 Å². The second kappa shape index (κ2) is 7.72. The summed E-state index contributed by atoms with van der Waals surface area (Å²) in [6.07, 6.45) is 0.383. The lowest BCUT2D eigenvalue weighted by Crippen LogP contribution is -2.42. The minimum absolute atomic E-state index is 0.0545. The average molecular weight is 467 g/mol.